The molecule has 6 nitrogen and oxygen atoms in total. The van der Waals surface area contributed by atoms with Gasteiger partial charge in [-0.15, -0.1) is 12.4 Å². The van der Waals surface area contributed by atoms with Crippen LogP contribution in [0.15, 0.2) is 22.7 Å². The van der Waals surface area contributed by atoms with Crippen molar-refractivity contribution in [2.24, 2.45) is 0 Å². The van der Waals surface area contributed by atoms with Crippen LogP contribution in [0.4, 0.5) is 5.69 Å². The Morgan fingerprint density at radius 3 is 2.50 bits per heavy atom. The van der Waals surface area contributed by atoms with Gasteiger partial charge in [0.15, 0.2) is 0 Å². The van der Waals surface area contributed by atoms with Crippen LogP contribution in [0.25, 0.3) is 0 Å². The molecule has 0 aromatic heterocycles. The van der Waals surface area contributed by atoms with Crippen LogP contribution in [-0.4, -0.2) is 29.0 Å². The molecule has 22 heavy (non-hydrogen) atoms. The van der Waals surface area contributed by atoms with Gasteiger partial charge in [-0.25, -0.2) is 0 Å². The summed E-state index contributed by atoms with van der Waals surface area (Å²) in [5.74, 6) is -0.178. The molecule has 0 saturated carbocycles. The van der Waals surface area contributed by atoms with Gasteiger partial charge < -0.3 is 10.6 Å². The first-order valence-electron chi connectivity index (χ1n) is 7.04. The first-order chi connectivity index (χ1) is 10.0. The van der Waals surface area contributed by atoms with E-state index >= 15 is 0 Å². The molecule has 3 rings (SSSR count). The third-order valence-electron chi connectivity index (χ3n) is 4.22. The lowest BCUT2D eigenvalue weighted by Crippen LogP contribution is -2.48. The number of nitrogens with zero attached hydrogens (tertiary/aromatic N) is 1. The molecule has 2 unspecified atom stereocenters. The molecule has 1 amide bonds. The molecule has 1 aromatic rings. The number of carbonyl (C=O) groups is 1. The number of hydrogen-bond acceptors (Lipinski definition) is 4. The van der Waals surface area contributed by atoms with Crippen LogP contribution in [0.2, 0.25) is 0 Å². The maximum absolute atomic E-state index is 12.3. The number of hydrogen-bond donors (Lipinski definition) is 2. The lowest BCUT2D eigenvalue weighted by molar-refractivity contribution is -0.384. The molecule has 0 spiro atoms. The minimum Gasteiger partial charge on any atom is -0.349 e. The number of carbonyl (C=O) groups excluding carboxylic acids is 1. The highest BCUT2D eigenvalue weighted by atomic mass is 79.9. The third kappa shape index (κ3) is 3.59. The second-order valence-electron chi connectivity index (χ2n) is 5.70. The summed E-state index contributed by atoms with van der Waals surface area (Å²) in [5, 5.41) is 17.3. The van der Waals surface area contributed by atoms with Gasteiger partial charge in [-0.05, 0) is 47.7 Å². The van der Waals surface area contributed by atoms with Gasteiger partial charge in [0, 0.05) is 34.7 Å². The van der Waals surface area contributed by atoms with Crippen LogP contribution in [0.5, 0.6) is 0 Å². The van der Waals surface area contributed by atoms with Crippen molar-refractivity contribution < 1.29 is 9.72 Å². The predicted octanol–water partition coefficient (Wildman–Crippen LogP) is 2.79. The molecule has 2 N–H and O–H groups in total. The number of nitro groups is 1. The summed E-state index contributed by atoms with van der Waals surface area (Å²) in [4.78, 5) is 22.5. The molecule has 2 fully saturated rings. The number of nitro benzene ring substituents is 1. The van der Waals surface area contributed by atoms with Crippen molar-refractivity contribution >= 4 is 39.9 Å². The van der Waals surface area contributed by atoms with Crippen molar-refractivity contribution in [2.45, 2.75) is 43.8 Å². The highest BCUT2D eigenvalue weighted by Crippen LogP contribution is 2.28. The van der Waals surface area contributed by atoms with Crippen molar-refractivity contribution in [1.29, 1.82) is 0 Å². The van der Waals surface area contributed by atoms with E-state index in [1.54, 1.807) is 0 Å². The van der Waals surface area contributed by atoms with E-state index in [1.165, 1.54) is 31.0 Å². The summed E-state index contributed by atoms with van der Waals surface area (Å²) in [6, 6.07) is 5.40. The first kappa shape index (κ1) is 17.2. The van der Waals surface area contributed by atoms with E-state index in [0.717, 1.165) is 12.8 Å². The number of nitrogens with one attached hydrogen (secondary N) is 2. The summed E-state index contributed by atoms with van der Waals surface area (Å²) >= 11 is 3.24. The standard InChI is InChI=1S/C14H16BrN3O3.ClH/c15-13-7-11(18(20)21)3-4-12(13)14(19)17-10-5-8-1-2-9(6-10)16-8;/h3-4,7-10,16H,1-2,5-6H2,(H,17,19);1H. The smallest absolute Gasteiger partial charge is 0.270 e. The predicted molar refractivity (Wildman–Crippen MR) is 88.5 cm³/mol. The number of non-ortho nitro benzene ring substituents is 1. The largest absolute Gasteiger partial charge is 0.349 e. The summed E-state index contributed by atoms with van der Waals surface area (Å²) < 4.78 is 0.450. The van der Waals surface area contributed by atoms with E-state index in [1.807, 2.05) is 0 Å². The number of fused-ring (bicyclic) bond motifs is 2. The molecule has 8 heteroatoms. The average molecular weight is 391 g/mol. The van der Waals surface area contributed by atoms with Gasteiger partial charge >= 0.3 is 0 Å². The highest BCUT2D eigenvalue weighted by molar-refractivity contribution is 9.10. The van der Waals surface area contributed by atoms with Gasteiger partial charge in [0.05, 0.1) is 10.5 Å². The Morgan fingerprint density at radius 2 is 1.95 bits per heavy atom. The Morgan fingerprint density at radius 1 is 1.32 bits per heavy atom. The van der Waals surface area contributed by atoms with E-state index in [2.05, 4.69) is 26.6 Å². The van der Waals surface area contributed by atoms with Gasteiger partial charge in [-0.1, -0.05) is 0 Å². The Kier molecular flexibility index (Phi) is 5.41. The van der Waals surface area contributed by atoms with Crippen LogP contribution in [0.3, 0.4) is 0 Å². The molecular weight excluding hydrogens is 374 g/mol. The average Bonchev–Trinajstić information content (AvgIpc) is 2.77. The van der Waals surface area contributed by atoms with E-state index in [9.17, 15) is 14.9 Å². The van der Waals surface area contributed by atoms with Gasteiger partial charge in [-0.3, -0.25) is 14.9 Å². The molecule has 2 aliphatic heterocycles. The van der Waals surface area contributed by atoms with Crippen molar-refractivity contribution in [3.8, 4) is 0 Å². The molecule has 1 aromatic carbocycles. The Balaban J connectivity index is 0.00000176. The third-order valence-corrected chi connectivity index (χ3v) is 4.87. The fraction of sp³-hybridized carbons (Fsp3) is 0.500. The molecule has 0 radical (unpaired) electrons. The molecular formula is C14H17BrClN3O3. The summed E-state index contributed by atoms with van der Waals surface area (Å²) in [5.41, 5.74) is 0.407. The Hall–Kier alpha value is -1.18. The lowest BCUT2D eigenvalue weighted by atomic mass is 9.99. The van der Waals surface area contributed by atoms with Gasteiger partial charge in [0.2, 0.25) is 0 Å². The first-order valence-corrected chi connectivity index (χ1v) is 7.83. The second-order valence-corrected chi connectivity index (χ2v) is 6.56. The van der Waals surface area contributed by atoms with Crippen LogP contribution in [0.1, 0.15) is 36.0 Å². The summed E-state index contributed by atoms with van der Waals surface area (Å²) in [6.45, 7) is 0. The molecule has 0 aliphatic carbocycles. The zero-order chi connectivity index (χ0) is 15.0. The van der Waals surface area contributed by atoms with E-state index in [-0.39, 0.29) is 30.0 Å². The zero-order valence-electron chi connectivity index (χ0n) is 11.8. The Bertz CT molecular complexity index is 587. The van der Waals surface area contributed by atoms with Crippen molar-refractivity contribution in [2.75, 3.05) is 0 Å². The highest BCUT2D eigenvalue weighted by Gasteiger charge is 2.34. The van der Waals surface area contributed by atoms with Crippen molar-refractivity contribution in [1.82, 2.24) is 10.6 Å². The topological polar surface area (TPSA) is 84.3 Å². The SMILES string of the molecule is Cl.O=C(NC1CC2CCC(C1)N2)c1ccc([N+](=O)[O-])cc1Br. The van der Waals surface area contributed by atoms with E-state index in [0.29, 0.717) is 22.1 Å². The number of benzene rings is 1. The fourth-order valence-electron chi connectivity index (χ4n) is 3.24. The molecule has 2 atom stereocenters. The molecule has 2 saturated heterocycles. The summed E-state index contributed by atoms with van der Waals surface area (Å²) in [7, 11) is 0. The van der Waals surface area contributed by atoms with E-state index < -0.39 is 4.92 Å². The quantitative estimate of drug-likeness (QED) is 0.614. The van der Waals surface area contributed by atoms with Crippen LogP contribution >= 0.6 is 28.3 Å². The molecule has 2 heterocycles. The van der Waals surface area contributed by atoms with Crippen molar-refractivity contribution in [3.63, 3.8) is 0 Å². The maximum Gasteiger partial charge on any atom is 0.270 e. The number of amides is 1. The molecule has 120 valence electrons. The van der Waals surface area contributed by atoms with Gasteiger partial charge in [-0.2, -0.15) is 0 Å². The molecule has 2 aliphatic rings. The maximum atomic E-state index is 12.3. The number of piperidine rings is 1. The minimum absolute atomic E-state index is 0. The number of rotatable bonds is 3. The van der Waals surface area contributed by atoms with Gasteiger partial charge in [0.1, 0.15) is 0 Å². The second kappa shape index (κ2) is 6.93. The normalized spacial score (nSPS) is 26.1. The van der Waals surface area contributed by atoms with Gasteiger partial charge in [0.25, 0.3) is 11.6 Å². The minimum atomic E-state index is -0.475. The lowest BCUT2D eigenvalue weighted by Gasteiger charge is -2.29. The summed E-state index contributed by atoms with van der Waals surface area (Å²) in [6.07, 6.45) is 4.26. The number of halogens is 2. The Labute approximate surface area is 142 Å². The van der Waals surface area contributed by atoms with Crippen LogP contribution in [0, 0.1) is 10.1 Å². The van der Waals surface area contributed by atoms with Crippen LogP contribution < -0.4 is 10.6 Å². The molecule has 2 bridgehead atoms. The fourth-order valence-corrected chi connectivity index (χ4v) is 3.79. The van der Waals surface area contributed by atoms with Crippen LogP contribution in [-0.2, 0) is 0 Å². The zero-order valence-corrected chi connectivity index (χ0v) is 14.2. The monoisotopic (exact) mass is 389 g/mol. The van der Waals surface area contributed by atoms with E-state index in [4.69, 9.17) is 0 Å². The van der Waals surface area contributed by atoms with Crippen molar-refractivity contribution in [3.05, 3.63) is 38.3 Å².